The lowest BCUT2D eigenvalue weighted by Gasteiger charge is -2.16. The summed E-state index contributed by atoms with van der Waals surface area (Å²) in [5.74, 6) is -0.314. The molecule has 6 heteroatoms. The first-order chi connectivity index (χ1) is 9.08. The molecule has 0 aliphatic rings. The number of esters is 1. The van der Waals surface area contributed by atoms with Crippen molar-refractivity contribution in [1.82, 2.24) is 15.2 Å². The van der Waals surface area contributed by atoms with E-state index >= 15 is 0 Å². The Kier molecular flexibility index (Phi) is 6.08. The van der Waals surface area contributed by atoms with E-state index in [9.17, 15) is 4.79 Å². The summed E-state index contributed by atoms with van der Waals surface area (Å²) in [7, 11) is 3.91. The molecule has 1 aromatic rings. The third-order valence-electron chi connectivity index (χ3n) is 2.30. The zero-order valence-corrected chi connectivity index (χ0v) is 12.3. The molecule has 0 aliphatic carbocycles. The second-order valence-electron chi connectivity index (χ2n) is 3.92. The molecule has 1 heterocycles. The van der Waals surface area contributed by atoms with Gasteiger partial charge in [0, 0.05) is 32.4 Å². The van der Waals surface area contributed by atoms with E-state index < -0.39 is 0 Å². The molecule has 0 saturated heterocycles. The number of nitrogens with one attached hydrogen (secondary N) is 1. The summed E-state index contributed by atoms with van der Waals surface area (Å²) in [6.07, 6.45) is 5.68. The first kappa shape index (κ1) is 15.2. The van der Waals surface area contributed by atoms with E-state index in [1.54, 1.807) is 19.3 Å². The van der Waals surface area contributed by atoms with Gasteiger partial charge in [0.15, 0.2) is 0 Å². The highest BCUT2D eigenvalue weighted by Crippen LogP contribution is 2.18. The number of hydrogen-bond acceptors (Lipinski definition) is 6. The highest BCUT2D eigenvalue weighted by Gasteiger charge is 2.12. The maximum atomic E-state index is 11.5. The average Bonchev–Trinajstić information content (AvgIpc) is 2.83. The van der Waals surface area contributed by atoms with Gasteiger partial charge in [-0.25, -0.2) is 9.78 Å². The van der Waals surface area contributed by atoms with Gasteiger partial charge >= 0.3 is 5.97 Å². The molecule has 0 unspecified atom stereocenters. The SMILES string of the molecule is C=CN/C=C(/Cc1ncc(C(=O)OCC)s1)N(C)C. The molecule has 1 N–H and O–H groups in total. The Morgan fingerprint density at radius 2 is 2.37 bits per heavy atom. The van der Waals surface area contributed by atoms with Gasteiger partial charge < -0.3 is 15.0 Å². The van der Waals surface area contributed by atoms with Gasteiger partial charge in [0.25, 0.3) is 0 Å². The molecule has 1 aromatic heterocycles. The maximum Gasteiger partial charge on any atom is 0.349 e. The van der Waals surface area contributed by atoms with Crippen LogP contribution in [0.2, 0.25) is 0 Å². The lowest BCUT2D eigenvalue weighted by molar-refractivity contribution is 0.0532. The Morgan fingerprint density at radius 1 is 1.63 bits per heavy atom. The second-order valence-corrected chi connectivity index (χ2v) is 5.03. The van der Waals surface area contributed by atoms with Gasteiger partial charge in [-0.1, -0.05) is 6.58 Å². The van der Waals surface area contributed by atoms with Crippen molar-refractivity contribution in [3.05, 3.63) is 40.8 Å². The third-order valence-corrected chi connectivity index (χ3v) is 3.28. The molecule has 0 aromatic carbocycles. The fourth-order valence-corrected chi connectivity index (χ4v) is 2.16. The molecule has 0 aliphatic heterocycles. The zero-order chi connectivity index (χ0) is 14.3. The molecule has 0 radical (unpaired) electrons. The van der Waals surface area contributed by atoms with Crippen molar-refractivity contribution < 1.29 is 9.53 Å². The minimum Gasteiger partial charge on any atom is -0.462 e. The Morgan fingerprint density at radius 3 is 2.95 bits per heavy atom. The third kappa shape index (κ3) is 4.75. The van der Waals surface area contributed by atoms with E-state index in [0.717, 1.165) is 10.7 Å². The number of hydrogen-bond donors (Lipinski definition) is 1. The lowest BCUT2D eigenvalue weighted by Crippen LogP contribution is -2.15. The van der Waals surface area contributed by atoms with Crippen LogP contribution in [0.5, 0.6) is 0 Å². The van der Waals surface area contributed by atoms with E-state index in [4.69, 9.17) is 4.74 Å². The molecule has 0 atom stereocenters. The van der Waals surface area contributed by atoms with Crippen LogP contribution >= 0.6 is 11.3 Å². The van der Waals surface area contributed by atoms with Crippen LogP contribution in [0.15, 0.2) is 30.9 Å². The first-order valence-corrected chi connectivity index (χ1v) is 6.75. The van der Waals surface area contributed by atoms with Crippen LogP contribution in [-0.4, -0.2) is 36.6 Å². The number of aromatic nitrogens is 1. The number of likely N-dealkylation sites (N-methyl/N-ethyl adjacent to an activating group) is 1. The number of carbonyl (C=O) groups is 1. The van der Waals surface area contributed by atoms with Gasteiger partial charge in [-0.3, -0.25) is 0 Å². The summed E-state index contributed by atoms with van der Waals surface area (Å²) in [5.41, 5.74) is 1.05. The predicted octanol–water partition coefficient (Wildman–Crippen LogP) is 2.00. The predicted molar refractivity (Wildman–Crippen MR) is 76.9 cm³/mol. The van der Waals surface area contributed by atoms with Crippen molar-refractivity contribution in [2.24, 2.45) is 0 Å². The van der Waals surface area contributed by atoms with Crippen LogP contribution in [-0.2, 0) is 11.2 Å². The Labute approximate surface area is 117 Å². The van der Waals surface area contributed by atoms with E-state index in [2.05, 4.69) is 16.9 Å². The largest absolute Gasteiger partial charge is 0.462 e. The van der Waals surface area contributed by atoms with Gasteiger partial charge in [0.1, 0.15) is 4.88 Å². The normalized spacial score (nSPS) is 11.0. The van der Waals surface area contributed by atoms with E-state index in [0.29, 0.717) is 17.9 Å². The Hall–Kier alpha value is -1.82. The Bertz CT molecular complexity index is 466. The van der Waals surface area contributed by atoms with Crippen LogP contribution in [0, 0.1) is 0 Å². The number of carbonyl (C=O) groups excluding carboxylic acids is 1. The molecule has 0 amide bonds. The van der Waals surface area contributed by atoms with Crippen LogP contribution in [0.3, 0.4) is 0 Å². The lowest BCUT2D eigenvalue weighted by atomic mass is 10.3. The van der Waals surface area contributed by atoms with Gasteiger partial charge in [-0.15, -0.1) is 11.3 Å². The van der Waals surface area contributed by atoms with Crippen LogP contribution in [0.25, 0.3) is 0 Å². The molecular weight excluding hydrogens is 262 g/mol. The minimum atomic E-state index is -0.314. The summed E-state index contributed by atoms with van der Waals surface area (Å²) >= 11 is 1.35. The van der Waals surface area contributed by atoms with Crippen molar-refractivity contribution in [3.63, 3.8) is 0 Å². The number of allylic oxidation sites excluding steroid dienone is 1. The van der Waals surface area contributed by atoms with Crippen molar-refractivity contribution in [3.8, 4) is 0 Å². The molecule has 0 bridgehead atoms. The highest BCUT2D eigenvalue weighted by molar-refractivity contribution is 7.13. The van der Waals surface area contributed by atoms with Crippen LogP contribution < -0.4 is 5.32 Å². The van der Waals surface area contributed by atoms with E-state index in [1.807, 2.05) is 25.2 Å². The fourth-order valence-electron chi connectivity index (χ4n) is 1.34. The highest BCUT2D eigenvalue weighted by atomic mass is 32.1. The van der Waals surface area contributed by atoms with Gasteiger partial charge in [0.05, 0.1) is 17.8 Å². The van der Waals surface area contributed by atoms with Crippen molar-refractivity contribution in [2.75, 3.05) is 20.7 Å². The number of nitrogens with zero attached hydrogens (tertiary/aromatic N) is 2. The summed E-state index contributed by atoms with van der Waals surface area (Å²) in [4.78, 5) is 18.3. The second kappa shape index (κ2) is 7.58. The fraction of sp³-hybridized carbons (Fsp3) is 0.385. The summed E-state index contributed by atoms with van der Waals surface area (Å²) in [6, 6.07) is 0. The maximum absolute atomic E-state index is 11.5. The molecule has 5 nitrogen and oxygen atoms in total. The number of thiazole rings is 1. The zero-order valence-electron chi connectivity index (χ0n) is 11.5. The molecule has 104 valence electrons. The van der Waals surface area contributed by atoms with Crippen molar-refractivity contribution in [1.29, 1.82) is 0 Å². The van der Waals surface area contributed by atoms with Crippen molar-refractivity contribution in [2.45, 2.75) is 13.3 Å². The van der Waals surface area contributed by atoms with E-state index in [1.165, 1.54) is 11.3 Å². The van der Waals surface area contributed by atoms with Gasteiger partial charge in [-0.2, -0.15) is 0 Å². The molecule has 19 heavy (non-hydrogen) atoms. The van der Waals surface area contributed by atoms with Gasteiger partial charge in [0.2, 0.25) is 0 Å². The average molecular weight is 281 g/mol. The molecule has 0 saturated carbocycles. The standard InChI is InChI=1S/C13H19N3O2S/c1-5-14-8-10(16(3)4)7-12-15-9-11(19-12)13(17)18-6-2/h5,8-9,14H,1,6-7H2,2-4H3/b10-8-. The van der Waals surface area contributed by atoms with Crippen molar-refractivity contribution >= 4 is 17.3 Å². The molecule has 1 rings (SSSR count). The van der Waals surface area contributed by atoms with Gasteiger partial charge in [-0.05, 0) is 13.1 Å². The molecule has 0 spiro atoms. The first-order valence-electron chi connectivity index (χ1n) is 5.93. The molecular formula is C13H19N3O2S. The van der Waals surface area contributed by atoms with E-state index in [-0.39, 0.29) is 5.97 Å². The summed E-state index contributed by atoms with van der Waals surface area (Å²) in [6.45, 7) is 5.76. The molecule has 0 fully saturated rings. The number of rotatable bonds is 7. The smallest absolute Gasteiger partial charge is 0.349 e. The van der Waals surface area contributed by atoms with Crippen LogP contribution in [0.4, 0.5) is 0 Å². The summed E-state index contributed by atoms with van der Waals surface area (Å²) < 4.78 is 4.94. The monoisotopic (exact) mass is 281 g/mol. The summed E-state index contributed by atoms with van der Waals surface area (Å²) in [5, 5.41) is 3.81. The Balaban J connectivity index is 2.75. The minimum absolute atomic E-state index is 0.314. The number of ether oxygens (including phenoxy) is 1. The quantitative estimate of drug-likeness (QED) is 0.775. The topological polar surface area (TPSA) is 54.5 Å². The van der Waals surface area contributed by atoms with Crippen LogP contribution in [0.1, 0.15) is 21.6 Å².